The first-order valence-electron chi connectivity index (χ1n) is 6.36. The zero-order valence-corrected chi connectivity index (χ0v) is 12.7. The van der Waals surface area contributed by atoms with Crippen LogP contribution in [-0.2, 0) is 11.3 Å². The summed E-state index contributed by atoms with van der Waals surface area (Å²) in [6.45, 7) is 2.04. The van der Waals surface area contributed by atoms with Gasteiger partial charge in [-0.25, -0.2) is 0 Å². The minimum Gasteiger partial charge on any atom is -0.491 e. The number of carbonyl (C=O) groups is 1. The molecule has 1 aromatic carbocycles. The summed E-state index contributed by atoms with van der Waals surface area (Å²) in [6.07, 6.45) is 0. The summed E-state index contributed by atoms with van der Waals surface area (Å²) in [6, 6.07) is 7.95. The molecular formula is C13H13N3O3S2. The number of nitrogens with zero attached hydrogens (tertiary/aromatic N) is 3. The van der Waals surface area contributed by atoms with Gasteiger partial charge in [0.25, 0.3) is 0 Å². The number of carboxylic acid groups (broad SMARTS) is 1. The number of thioether (sulfide) groups is 1. The lowest BCUT2D eigenvalue weighted by atomic mass is 10.2. The van der Waals surface area contributed by atoms with E-state index in [2.05, 4.69) is 15.1 Å². The van der Waals surface area contributed by atoms with Crippen LogP contribution in [0.4, 0.5) is 5.13 Å². The van der Waals surface area contributed by atoms with E-state index in [1.54, 1.807) is 0 Å². The second kappa shape index (κ2) is 6.31. The molecule has 1 aliphatic heterocycles. The van der Waals surface area contributed by atoms with Crippen LogP contribution in [0.15, 0.2) is 28.6 Å². The highest BCUT2D eigenvalue weighted by Crippen LogP contribution is 2.31. The van der Waals surface area contributed by atoms with Gasteiger partial charge in [0, 0.05) is 12.1 Å². The lowest BCUT2D eigenvalue weighted by Crippen LogP contribution is -2.25. The van der Waals surface area contributed by atoms with Crippen LogP contribution < -0.4 is 9.64 Å². The van der Waals surface area contributed by atoms with Gasteiger partial charge in [0.15, 0.2) is 4.34 Å². The fraction of sp³-hybridized carbons (Fsp3) is 0.308. The van der Waals surface area contributed by atoms with Crippen molar-refractivity contribution in [1.82, 2.24) is 10.2 Å². The number of carboxylic acids is 1. The van der Waals surface area contributed by atoms with Crippen LogP contribution in [0, 0.1) is 0 Å². The third kappa shape index (κ3) is 3.45. The Bertz CT molecular complexity index is 647. The summed E-state index contributed by atoms with van der Waals surface area (Å²) >= 11 is 2.60. The lowest BCUT2D eigenvalue weighted by Gasteiger charge is -2.17. The van der Waals surface area contributed by atoms with E-state index in [4.69, 9.17) is 9.84 Å². The van der Waals surface area contributed by atoms with Gasteiger partial charge in [-0.2, -0.15) is 0 Å². The normalized spacial score (nSPS) is 14.2. The summed E-state index contributed by atoms with van der Waals surface area (Å²) in [5, 5.41) is 17.7. The molecule has 6 nitrogen and oxygen atoms in total. The Hall–Kier alpha value is -1.80. The molecule has 1 N–H and O–H groups in total. The minimum atomic E-state index is -0.853. The van der Waals surface area contributed by atoms with E-state index in [-0.39, 0.29) is 5.75 Å². The molecule has 0 bridgehead atoms. The zero-order chi connectivity index (χ0) is 14.7. The van der Waals surface area contributed by atoms with Crippen molar-refractivity contribution in [2.45, 2.75) is 10.9 Å². The smallest absolute Gasteiger partial charge is 0.313 e. The molecule has 0 saturated heterocycles. The van der Waals surface area contributed by atoms with Crippen LogP contribution in [0.25, 0.3) is 0 Å². The predicted octanol–water partition coefficient (Wildman–Crippen LogP) is 2.11. The molecule has 0 spiro atoms. The van der Waals surface area contributed by atoms with Gasteiger partial charge < -0.3 is 14.7 Å². The van der Waals surface area contributed by atoms with Crippen LogP contribution >= 0.6 is 23.1 Å². The van der Waals surface area contributed by atoms with E-state index < -0.39 is 5.97 Å². The Morgan fingerprint density at radius 2 is 2.29 bits per heavy atom. The number of fused-ring (bicyclic) bond motifs is 1. The Labute approximate surface area is 129 Å². The first-order valence-corrected chi connectivity index (χ1v) is 8.16. The first-order chi connectivity index (χ1) is 10.2. The number of aromatic nitrogens is 2. The second-order valence-corrected chi connectivity index (χ2v) is 6.59. The third-order valence-corrected chi connectivity index (χ3v) is 5.04. The van der Waals surface area contributed by atoms with Crippen molar-refractivity contribution in [3.8, 4) is 5.75 Å². The molecule has 21 heavy (non-hydrogen) atoms. The molecule has 0 amide bonds. The molecule has 0 radical (unpaired) electrons. The fourth-order valence-corrected chi connectivity index (χ4v) is 3.59. The maximum absolute atomic E-state index is 10.6. The fourth-order valence-electron chi connectivity index (χ4n) is 2.00. The van der Waals surface area contributed by atoms with Gasteiger partial charge in [0.1, 0.15) is 12.4 Å². The third-order valence-electron chi connectivity index (χ3n) is 2.94. The van der Waals surface area contributed by atoms with Gasteiger partial charge in [0.05, 0.1) is 12.3 Å². The Morgan fingerprint density at radius 1 is 1.43 bits per heavy atom. The van der Waals surface area contributed by atoms with Crippen molar-refractivity contribution >= 4 is 34.2 Å². The van der Waals surface area contributed by atoms with E-state index in [1.165, 1.54) is 23.1 Å². The van der Waals surface area contributed by atoms with E-state index in [9.17, 15) is 4.79 Å². The van der Waals surface area contributed by atoms with Gasteiger partial charge in [0.2, 0.25) is 5.13 Å². The molecule has 8 heteroatoms. The van der Waals surface area contributed by atoms with Crippen LogP contribution in [-0.4, -0.2) is 40.2 Å². The van der Waals surface area contributed by atoms with Crippen LogP contribution in [0.3, 0.4) is 0 Å². The minimum absolute atomic E-state index is 0.000573. The van der Waals surface area contributed by atoms with Gasteiger partial charge in [-0.3, -0.25) is 4.79 Å². The topological polar surface area (TPSA) is 75.5 Å². The highest BCUT2D eigenvalue weighted by molar-refractivity contribution is 8.01. The van der Waals surface area contributed by atoms with Crippen molar-refractivity contribution in [3.05, 3.63) is 29.8 Å². The highest BCUT2D eigenvalue weighted by atomic mass is 32.2. The van der Waals surface area contributed by atoms with Gasteiger partial charge in [-0.1, -0.05) is 41.3 Å². The average molecular weight is 323 g/mol. The van der Waals surface area contributed by atoms with E-state index in [0.717, 1.165) is 23.0 Å². The van der Waals surface area contributed by atoms with E-state index >= 15 is 0 Å². The number of hydrogen-bond acceptors (Lipinski definition) is 7. The molecule has 2 aromatic rings. The molecule has 1 aromatic heterocycles. The van der Waals surface area contributed by atoms with Crippen molar-refractivity contribution in [2.24, 2.45) is 0 Å². The standard InChI is InChI=1S/C13H13N3O3S2/c17-11(18)8-20-13-15-14-12(21-13)16-5-6-19-10-4-2-1-3-9(10)7-16/h1-4H,5-8H2,(H,17,18). The molecule has 0 fully saturated rings. The van der Waals surface area contributed by atoms with E-state index in [0.29, 0.717) is 17.5 Å². The van der Waals surface area contributed by atoms with Crippen molar-refractivity contribution in [1.29, 1.82) is 0 Å². The van der Waals surface area contributed by atoms with Gasteiger partial charge in [-0.15, -0.1) is 10.2 Å². The van der Waals surface area contributed by atoms with Crippen LogP contribution in [0.5, 0.6) is 5.75 Å². The first kappa shape index (κ1) is 14.2. The lowest BCUT2D eigenvalue weighted by molar-refractivity contribution is -0.133. The predicted molar refractivity (Wildman–Crippen MR) is 81.3 cm³/mol. The SMILES string of the molecule is O=C(O)CSc1nnc(N2CCOc3ccccc3C2)s1. The molecule has 0 saturated carbocycles. The molecule has 0 atom stereocenters. The summed E-state index contributed by atoms with van der Waals surface area (Å²) in [7, 11) is 0. The number of para-hydroxylation sites is 1. The number of ether oxygens (including phenoxy) is 1. The highest BCUT2D eigenvalue weighted by Gasteiger charge is 2.19. The average Bonchev–Trinajstić information content (AvgIpc) is 2.84. The monoisotopic (exact) mass is 323 g/mol. The maximum Gasteiger partial charge on any atom is 0.313 e. The number of benzene rings is 1. The van der Waals surface area contributed by atoms with Gasteiger partial charge >= 0.3 is 5.97 Å². The van der Waals surface area contributed by atoms with E-state index in [1.807, 2.05) is 24.3 Å². The van der Waals surface area contributed by atoms with Crippen molar-refractivity contribution in [3.63, 3.8) is 0 Å². The molecule has 2 heterocycles. The van der Waals surface area contributed by atoms with Crippen LogP contribution in [0.1, 0.15) is 5.56 Å². The Balaban J connectivity index is 1.73. The summed E-state index contributed by atoms with van der Waals surface area (Å²) < 4.78 is 6.39. The van der Waals surface area contributed by atoms with Gasteiger partial charge in [-0.05, 0) is 6.07 Å². The molecule has 3 rings (SSSR count). The van der Waals surface area contributed by atoms with Crippen molar-refractivity contribution in [2.75, 3.05) is 23.8 Å². The van der Waals surface area contributed by atoms with Crippen LogP contribution in [0.2, 0.25) is 0 Å². The molecular weight excluding hydrogens is 310 g/mol. The maximum atomic E-state index is 10.6. The molecule has 0 unspecified atom stereocenters. The number of anilines is 1. The summed E-state index contributed by atoms with van der Waals surface area (Å²) in [4.78, 5) is 12.7. The molecule has 110 valence electrons. The Morgan fingerprint density at radius 3 is 3.14 bits per heavy atom. The quantitative estimate of drug-likeness (QED) is 0.864. The largest absolute Gasteiger partial charge is 0.491 e. The van der Waals surface area contributed by atoms with Crippen molar-refractivity contribution < 1.29 is 14.6 Å². The number of aliphatic carboxylic acids is 1. The molecule has 1 aliphatic rings. The number of rotatable bonds is 4. The zero-order valence-electron chi connectivity index (χ0n) is 11.1. The number of hydrogen-bond donors (Lipinski definition) is 1. The second-order valence-electron chi connectivity index (χ2n) is 4.41. The summed E-state index contributed by atoms with van der Waals surface area (Å²) in [5.41, 5.74) is 1.12. The summed E-state index contributed by atoms with van der Waals surface area (Å²) in [5.74, 6) is 0.0551. The Kier molecular flexibility index (Phi) is 4.26. The molecule has 0 aliphatic carbocycles.